The number of nitro benzene ring substituents is 1. The van der Waals surface area contributed by atoms with Gasteiger partial charge in [0.1, 0.15) is 17.3 Å². The maximum absolute atomic E-state index is 11.4. The van der Waals surface area contributed by atoms with Crippen molar-refractivity contribution in [1.29, 1.82) is 5.26 Å². The molecule has 2 saturated heterocycles. The normalized spacial score (nSPS) is 22.5. The van der Waals surface area contributed by atoms with Gasteiger partial charge in [-0.15, -0.1) is 0 Å². The highest BCUT2D eigenvalue weighted by atomic mass is 16.6. The molecule has 0 radical (unpaired) electrons. The average Bonchev–Trinajstić information content (AvgIpc) is 3.30. The van der Waals surface area contributed by atoms with Crippen LogP contribution in [-0.4, -0.2) is 43.4 Å². The summed E-state index contributed by atoms with van der Waals surface area (Å²) in [6, 6.07) is 5.13. The molecule has 2 fully saturated rings. The van der Waals surface area contributed by atoms with Crippen LogP contribution in [0.5, 0.6) is 0 Å². The lowest BCUT2D eigenvalue weighted by molar-refractivity contribution is -0.384. The van der Waals surface area contributed by atoms with Crippen LogP contribution in [0.3, 0.4) is 0 Å². The van der Waals surface area contributed by atoms with E-state index in [4.69, 9.17) is 9.47 Å². The quantitative estimate of drug-likeness (QED) is 0.577. The Morgan fingerprint density at radius 1 is 1.16 bits per heavy atom. The Balaban J connectivity index is 1.77. The summed E-state index contributed by atoms with van der Waals surface area (Å²) in [6.07, 6.45) is 4.17. The van der Waals surface area contributed by atoms with Gasteiger partial charge in [-0.25, -0.2) is 0 Å². The Kier molecular flexibility index (Phi) is 5.68. The van der Waals surface area contributed by atoms with Crippen molar-refractivity contribution in [2.24, 2.45) is 0 Å². The van der Waals surface area contributed by atoms with Crippen molar-refractivity contribution >= 4 is 17.1 Å². The number of anilines is 2. The maximum atomic E-state index is 11.4. The van der Waals surface area contributed by atoms with Gasteiger partial charge in [-0.05, 0) is 37.8 Å². The summed E-state index contributed by atoms with van der Waals surface area (Å²) >= 11 is 0. The largest absolute Gasteiger partial charge is 0.382 e. The van der Waals surface area contributed by atoms with Crippen molar-refractivity contribution in [2.75, 3.05) is 36.9 Å². The first-order chi connectivity index (χ1) is 12.2. The SMILES string of the molecule is N#Cc1cc(NCC2CCCO2)cc(NCC2CCCO2)c1[N+](=O)[O-]. The summed E-state index contributed by atoms with van der Waals surface area (Å²) in [5.41, 5.74) is 0.863. The molecule has 25 heavy (non-hydrogen) atoms. The van der Waals surface area contributed by atoms with Gasteiger partial charge in [-0.1, -0.05) is 0 Å². The van der Waals surface area contributed by atoms with Crippen molar-refractivity contribution in [1.82, 2.24) is 0 Å². The fourth-order valence-electron chi connectivity index (χ4n) is 3.22. The second-order valence-electron chi connectivity index (χ2n) is 6.32. The zero-order valence-electron chi connectivity index (χ0n) is 14.0. The summed E-state index contributed by atoms with van der Waals surface area (Å²) < 4.78 is 11.1. The monoisotopic (exact) mass is 346 g/mol. The van der Waals surface area contributed by atoms with Gasteiger partial charge in [0.15, 0.2) is 0 Å². The van der Waals surface area contributed by atoms with Crippen LogP contribution in [0, 0.1) is 21.4 Å². The van der Waals surface area contributed by atoms with Crippen LogP contribution >= 0.6 is 0 Å². The van der Waals surface area contributed by atoms with Crippen LogP contribution in [0.15, 0.2) is 12.1 Å². The summed E-state index contributed by atoms with van der Waals surface area (Å²) in [4.78, 5) is 10.9. The molecule has 8 nitrogen and oxygen atoms in total. The lowest BCUT2D eigenvalue weighted by atomic mass is 10.1. The molecule has 2 atom stereocenters. The van der Waals surface area contributed by atoms with Crippen LogP contribution in [0.1, 0.15) is 31.2 Å². The molecule has 2 heterocycles. The van der Waals surface area contributed by atoms with Gasteiger partial charge in [-0.2, -0.15) is 5.26 Å². The molecule has 0 spiro atoms. The lowest BCUT2D eigenvalue weighted by Gasteiger charge is -2.16. The number of nitrogens with zero attached hydrogens (tertiary/aromatic N) is 2. The molecule has 2 unspecified atom stereocenters. The number of nitro groups is 1. The molecule has 134 valence electrons. The van der Waals surface area contributed by atoms with Crippen molar-refractivity contribution in [3.63, 3.8) is 0 Å². The van der Waals surface area contributed by atoms with E-state index in [1.807, 2.05) is 6.07 Å². The molecule has 1 aromatic carbocycles. The molecular weight excluding hydrogens is 324 g/mol. The van der Waals surface area contributed by atoms with Gasteiger partial charge in [0.25, 0.3) is 0 Å². The number of ether oxygens (including phenoxy) is 2. The first-order valence-electron chi connectivity index (χ1n) is 8.61. The first kappa shape index (κ1) is 17.5. The Labute approximate surface area is 146 Å². The van der Waals surface area contributed by atoms with E-state index >= 15 is 0 Å². The van der Waals surface area contributed by atoms with Crippen molar-refractivity contribution in [2.45, 2.75) is 37.9 Å². The van der Waals surface area contributed by atoms with E-state index < -0.39 is 4.92 Å². The zero-order chi connectivity index (χ0) is 17.6. The lowest BCUT2D eigenvalue weighted by Crippen LogP contribution is -2.20. The Hall–Kier alpha value is -2.37. The smallest absolute Gasteiger partial charge is 0.310 e. The van der Waals surface area contributed by atoms with E-state index in [2.05, 4.69) is 10.6 Å². The van der Waals surface area contributed by atoms with E-state index in [-0.39, 0.29) is 23.5 Å². The molecule has 2 N–H and O–H groups in total. The molecule has 3 rings (SSSR count). The number of nitriles is 1. The maximum Gasteiger partial charge on any atom is 0.310 e. The Bertz CT molecular complexity index is 661. The molecular formula is C17H22N4O4. The molecule has 0 bridgehead atoms. The number of nitrogens with one attached hydrogen (secondary N) is 2. The van der Waals surface area contributed by atoms with Gasteiger partial charge in [0.05, 0.1) is 17.1 Å². The number of hydrogen-bond donors (Lipinski definition) is 2. The highest BCUT2D eigenvalue weighted by molar-refractivity contribution is 5.74. The molecule has 0 aromatic heterocycles. The summed E-state index contributed by atoms with van der Waals surface area (Å²) in [5.74, 6) is 0. The van der Waals surface area contributed by atoms with Crippen LogP contribution in [-0.2, 0) is 9.47 Å². The zero-order valence-corrected chi connectivity index (χ0v) is 14.0. The third-order valence-corrected chi connectivity index (χ3v) is 4.51. The van der Waals surface area contributed by atoms with Crippen LogP contribution < -0.4 is 10.6 Å². The molecule has 0 saturated carbocycles. The average molecular weight is 346 g/mol. The van der Waals surface area contributed by atoms with E-state index in [0.29, 0.717) is 24.5 Å². The van der Waals surface area contributed by atoms with Gasteiger partial charge >= 0.3 is 5.69 Å². The fourth-order valence-corrected chi connectivity index (χ4v) is 3.22. The molecule has 0 aliphatic carbocycles. The topological polar surface area (TPSA) is 109 Å². The van der Waals surface area contributed by atoms with E-state index in [9.17, 15) is 15.4 Å². The first-order valence-corrected chi connectivity index (χ1v) is 8.61. The van der Waals surface area contributed by atoms with Gasteiger partial charge in [-0.3, -0.25) is 10.1 Å². The number of hydrogen-bond acceptors (Lipinski definition) is 7. The van der Waals surface area contributed by atoms with Gasteiger partial charge in [0.2, 0.25) is 0 Å². The molecule has 1 aromatic rings. The number of benzene rings is 1. The van der Waals surface area contributed by atoms with Crippen molar-refractivity contribution in [3.05, 3.63) is 27.8 Å². The molecule has 2 aliphatic heterocycles. The molecule has 8 heteroatoms. The highest BCUT2D eigenvalue weighted by Crippen LogP contribution is 2.32. The minimum Gasteiger partial charge on any atom is -0.382 e. The fraction of sp³-hybridized carbons (Fsp3) is 0.588. The standard InChI is InChI=1S/C17H22N4O4/c18-9-12-7-13(19-10-14-3-1-5-24-14)8-16(17(12)21(22)23)20-11-15-4-2-6-25-15/h7-8,14-15,19-20H,1-6,10-11H2. The van der Waals surface area contributed by atoms with Crippen LogP contribution in [0.25, 0.3) is 0 Å². The predicted molar refractivity (Wildman–Crippen MR) is 92.7 cm³/mol. The molecule has 0 amide bonds. The second-order valence-corrected chi connectivity index (χ2v) is 6.32. The van der Waals surface area contributed by atoms with E-state index in [0.717, 1.165) is 38.9 Å². The second kappa shape index (κ2) is 8.14. The summed E-state index contributed by atoms with van der Waals surface area (Å²) in [6.45, 7) is 2.60. The number of rotatable bonds is 7. The highest BCUT2D eigenvalue weighted by Gasteiger charge is 2.24. The van der Waals surface area contributed by atoms with E-state index in [1.54, 1.807) is 6.07 Å². The Morgan fingerprint density at radius 2 is 1.80 bits per heavy atom. The minimum atomic E-state index is -0.514. The minimum absolute atomic E-state index is 0.0391. The van der Waals surface area contributed by atoms with Crippen LogP contribution in [0.4, 0.5) is 17.1 Å². The Morgan fingerprint density at radius 3 is 2.32 bits per heavy atom. The van der Waals surface area contributed by atoms with Crippen molar-refractivity contribution < 1.29 is 14.4 Å². The van der Waals surface area contributed by atoms with Gasteiger partial charge < -0.3 is 20.1 Å². The third kappa shape index (κ3) is 4.38. The molecule has 2 aliphatic rings. The van der Waals surface area contributed by atoms with Crippen molar-refractivity contribution in [3.8, 4) is 6.07 Å². The third-order valence-electron chi connectivity index (χ3n) is 4.51. The van der Waals surface area contributed by atoms with Gasteiger partial charge in [0, 0.05) is 32.0 Å². The summed E-state index contributed by atoms with van der Waals surface area (Å²) in [5, 5.41) is 27.1. The predicted octanol–water partition coefficient (Wildman–Crippen LogP) is 2.65. The summed E-state index contributed by atoms with van der Waals surface area (Å²) in [7, 11) is 0. The van der Waals surface area contributed by atoms with E-state index in [1.165, 1.54) is 6.07 Å². The van der Waals surface area contributed by atoms with Crippen LogP contribution in [0.2, 0.25) is 0 Å².